The summed E-state index contributed by atoms with van der Waals surface area (Å²) in [6, 6.07) is 0.236. The van der Waals surface area contributed by atoms with Gasteiger partial charge in [0.1, 0.15) is 6.61 Å². The fraction of sp³-hybridized carbons (Fsp3) is 0.818. The SMILES string of the molecule is NC(=O)OCCNC(=O)CC1CCCC(N)C1. The second-order valence-corrected chi connectivity index (χ2v) is 4.51. The molecule has 0 aromatic heterocycles. The molecule has 0 aromatic rings. The Labute approximate surface area is 101 Å². The van der Waals surface area contributed by atoms with Crippen molar-refractivity contribution in [1.29, 1.82) is 0 Å². The van der Waals surface area contributed by atoms with Crippen LogP contribution in [-0.4, -0.2) is 31.2 Å². The van der Waals surface area contributed by atoms with Gasteiger partial charge < -0.3 is 21.5 Å². The van der Waals surface area contributed by atoms with Crippen LogP contribution in [0.4, 0.5) is 4.79 Å². The van der Waals surface area contributed by atoms with Gasteiger partial charge in [0.2, 0.25) is 5.91 Å². The van der Waals surface area contributed by atoms with E-state index in [2.05, 4.69) is 10.1 Å². The lowest BCUT2D eigenvalue weighted by molar-refractivity contribution is -0.122. The van der Waals surface area contributed by atoms with E-state index in [1.54, 1.807) is 0 Å². The molecule has 0 radical (unpaired) electrons. The van der Waals surface area contributed by atoms with Gasteiger partial charge in [-0.25, -0.2) is 4.79 Å². The van der Waals surface area contributed by atoms with Gasteiger partial charge in [0.05, 0.1) is 6.54 Å². The molecule has 17 heavy (non-hydrogen) atoms. The average Bonchev–Trinajstić information content (AvgIpc) is 2.24. The first-order chi connectivity index (χ1) is 8.08. The van der Waals surface area contributed by atoms with Gasteiger partial charge in [-0.3, -0.25) is 4.79 Å². The van der Waals surface area contributed by atoms with E-state index in [1.807, 2.05) is 0 Å². The topological polar surface area (TPSA) is 107 Å². The Kier molecular flexibility index (Phi) is 5.76. The van der Waals surface area contributed by atoms with Gasteiger partial charge in [-0.1, -0.05) is 6.42 Å². The molecule has 2 amide bonds. The van der Waals surface area contributed by atoms with E-state index in [1.165, 1.54) is 0 Å². The Morgan fingerprint density at radius 2 is 2.12 bits per heavy atom. The Morgan fingerprint density at radius 1 is 1.35 bits per heavy atom. The third-order valence-corrected chi connectivity index (χ3v) is 2.97. The van der Waals surface area contributed by atoms with Gasteiger partial charge in [0.15, 0.2) is 0 Å². The summed E-state index contributed by atoms with van der Waals surface area (Å²) in [7, 11) is 0. The lowest BCUT2D eigenvalue weighted by Crippen LogP contribution is -2.33. The number of carbonyl (C=O) groups excluding carboxylic acids is 2. The van der Waals surface area contributed by atoms with Crippen molar-refractivity contribution in [3.05, 3.63) is 0 Å². The molecular weight excluding hydrogens is 222 g/mol. The first-order valence-electron chi connectivity index (χ1n) is 6.02. The summed E-state index contributed by atoms with van der Waals surface area (Å²) in [6.07, 6.45) is 3.83. The van der Waals surface area contributed by atoms with Crippen molar-refractivity contribution in [3.8, 4) is 0 Å². The summed E-state index contributed by atoms with van der Waals surface area (Å²) in [5.74, 6) is 0.368. The first kappa shape index (κ1) is 13.8. The highest BCUT2D eigenvalue weighted by Crippen LogP contribution is 2.25. The molecule has 98 valence electrons. The largest absolute Gasteiger partial charge is 0.448 e. The number of nitrogens with one attached hydrogen (secondary N) is 1. The van der Waals surface area contributed by atoms with Crippen LogP contribution >= 0.6 is 0 Å². The third-order valence-electron chi connectivity index (χ3n) is 2.97. The van der Waals surface area contributed by atoms with Crippen molar-refractivity contribution in [2.24, 2.45) is 17.4 Å². The van der Waals surface area contributed by atoms with E-state index in [-0.39, 0.29) is 18.6 Å². The fourth-order valence-corrected chi connectivity index (χ4v) is 2.19. The summed E-state index contributed by atoms with van der Waals surface area (Å²) >= 11 is 0. The van der Waals surface area contributed by atoms with Crippen molar-refractivity contribution in [2.45, 2.75) is 38.1 Å². The molecule has 0 heterocycles. The molecule has 1 aliphatic carbocycles. The summed E-state index contributed by atoms with van der Waals surface area (Å²) in [5, 5.41) is 2.69. The molecule has 2 atom stereocenters. The van der Waals surface area contributed by atoms with Gasteiger partial charge in [-0.15, -0.1) is 0 Å². The van der Waals surface area contributed by atoms with Crippen LogP contribution in [0.25, 0.3) is 0 Å². The second-order valence-electron chi connectivity index (χ2n) is 4.51. The highest BCUT2D eigenvalue weighted by molar-refractivity contribution is 5.76. The lowest BCUT2D eigenvalue weighted by Gasteiger charge is -2.25. The molecule has 6 heteroatoms. The zero-order valence-corrected chi connectivity index (χ0v) is 9.98. The highest BCUT2D eigenvalue weighted by atomic mass is 16.5. The van der Waals surface area contributed by atoms with E-state index >= 15 is 0 Å². The van der Waals surface area contributed by atoms with Crippen LogP contribution in [0.15, 0.2) is 0 Å². The molecule has 0 saturated heterocycles. The monoisotopic (exact) mass is 243 g/mol. The molecule has 1 rings (SSSR count). The molecule has 1 fully saturated rings. The van der Waals surface area contributed by atoms with Crippen molar-refractivity contribution in [2.75, 3.05) is 13.2 Å². The minimum Gasteiger partial charge on any atom is -0.448 e. The number of amides is 2. The van der Waals surface area contributed by atoms with E-state index < -0.39 is 6.09 Å². The van der Waals surface area contributed by atoms with Crippen LogP contribution < -0.4 is 16.8 Å². The van der Waals surface area contributed by atoms with Gasteiger partial charge >= 0.3 is 6.09 Å². The number of rotatable bonds is 5. The van der Waals surface area contributed by atoms with Gasteiger partial charge in [-0.2, -0.15) is 0 Å². The Morgan fingerprint density at radius 3 is 2.76 bits per heavy atom. The minimum absolute atomic E-state index is 0.0165. The average molecular weight is 243 g/mol. The van der Waals surface area contributed by atoms with Crippen molar-refractivity contribution in [1.82, 2.24) is 5.32 Å². The smallest absolute Gasteiger partial charge is 0.404 e. The maximum Gasteiger partial charge on any atom is 0.404 e. The highest BCUT2D eigenvalue weighted by Gasteiger charge is 2.21. The zero-order chi connectivity index (χ0) is 12.7. The van der Waals surface area contributed by atoms with Crippen LogP contribution in [0.3, 0.4) is 0 Å². The number of ether oxygens (including phenoxy) is 1. The predicted octanol–water partition coefficient (Wildman–Crippen LogP) is 0.106. The molecule has 5 N–H and O–H groups in total. The maximum atomic E-state index is 11.5. The normalized spacial score (nSPS) is 24.1. The summed E-state index contributed by atoms with van der Waals surface area (Å²) < 4.78 is 4.50. The van der Waals surface area contributed by atoms with Crippen LogP contribution in [0.1, 0.15) is 32.1 Å². The van der Waals surface area contributed by atoms with E-state index in [4.69, 9.17) is 11.5 Å². The standard InChI is InChI=1S/C11H21N3O3/c12-9-3-1-2-8(6-9)7-10(15)14-4-5-17-11(13)16/h8-9H,1-7,12H2,(H2,13,16)(H,14,15). The lowest BCUT2D eigenvalue weighted by atomic mass is 9.84. The van der Waals surface area contributed by atoms with Crippen LogP contribution in [0.2, 0.25) is 0 Å². The minimum atomic E-state index is -0.822. The van der Waals surface area contributed by atoms with Crippen molar-refractivity contribution >= 4 is 12.0 Å². The Bertz CT molecular complexity index is 271. The molecule has 6 nitrogen and oxygen atoms in total. The van der Waals surface area contributed by atoms with E-state index in [0.29, 0.717) is 18.9 Å². The molecule has 0 spiro atoms. The molecule has 2 unspecified atom stereocenters. The number of primary amides is 1. The van der Waals surface area contributed by atoms with Crippen LogP contribution in [0.5, 0.6) is 0 Å². The molecule has 0 aliphatic heterocycles. The summed E-state index contributed by atoms with van der Waals surface area (Å²) in [4.78, 5) is 21.8. The Balaban J connectivity index is 2.09. The number of carbonyl (C=O) groups is 2. The predicted molar refractivity (Wildman–Crippen MR) is 63.1 cm³/mol. The molecule has 0 bridgehead atoms. The van der Waals surface area contributed by atoms with E-state index in [9.17, 15) is 9.59 Å². The fourth-order valence-electron chi connectivity index (χ4n) is 2.19. The quantitative estimate of drug-likeness (QED) is 0.595. The third kappa shape index (κ3) is 6.11. The van der Waals surface area contributed by atoms with Gasteiger partial charge in [0, 0.05) is 12.5 Å². The van der Waals surface area contributed by atoms with E-state index in [0.717, 1.165) is 25.7 Å². The first-order valence-corrected chi connectivity index (χ1v) is 6.02. The van der Waals surface area contributed by atoms with Crippen LogP contribution in [0, 0.1) is 5.92 Å². The molecule has 1 saturated carbocycles. The Hall–Kier alpha value is -1.30. The van der Waals surface area contributed by atoms with Crippen LogP contribution in [-0.2, 0) is 9.53 Å². The number of hydrogen-bond acceptors (Lipinski definition) is 4. The second kappa shape index (κ2) is 7.11. The maximum absolute atomic E-state index is 11.5. The molecule has 1 aliphatic rings. The molecular formula is C11H21N3O3. The zero-order valence-electron chi connectivity index (χ0n) is 9.98. The van der Waals surface area contributed by atoms with Crippen molar-refractivity contribution < 1.29 is 14.3 Å². The number of nitrogens with two attached hydrogens (primary N) is 2. The molecule has 0 aromatic carbocycles. The van der Waals surface area contributed by atoms with Gasteiger partial charge in [-0.05, 0) is 25.2 Å². The van der Waals surface area contributed by atoms with Crippen molar-refractivity contribution in [3.63, 3.8) is 0 Å². The summed E-state index contributed by atoms with van der Waals surface area (Å²) in [5.41, 5.74) is 10.6. The number of hydrogen-bond donors (Lipinski definition) is 3. The van der Waals surface area contributed by atoms with Gasteiger partial charge in [0.25, 0.3) is 0 Å². The summed E-state index contributed by atoms with van der Waals surface area (Å²) in [6.45, 7) is 0.422.